The molecule has 1 saturated heterocycles. The third-order valence-electron chi connectivity index (χ3n) is 8.09. The second-order valence-electron chi connectivity index (χ2n) is 11.2. The number of rotatable bonds is 7. The third kappa shape index (κ3) is 6.84. The van der Waals surface area contributed by atoms with Gasteiger partial charge in [-0.05, 0) is 37.8 Å². The molecule has 0 saturated carbocycles. The van der Waals surface area contributed by atoms with Crippen molar-refractivity contribution in [1.29, 1.82) is 0 Å². The molecule has 2 aliphatic rings. The molecule has 0 atom stereocenters. The summed E-state index contributed by atoms with van der Waals surface area (Å²) in [5.74, 6) is -1.48. The molecule has 260 valence electrons. The number of ether oxygens (including phenoxy) is 1. The van der Waals surface area contributed by atoms with Gasteiger partial charge in [0.25, 0.3) is 11.5 Å². The van der Waals surface area contributed by atoms with E-state index in [0.717, 1.165) is 10.6 Å². The van der Waals surface area contributed by atoms with Crippen LogP contribution in [0.25, 0.3) is 11.4 Å². The summed E-state index contributed by atoms with van der Waals surface area (Å²) in [6, 6.07) is 0.746. The highest BCUT2D eigenvalue weighted by Gasteiger charge is 2.35. The summed E-state index contributed by atoms with van der Waals surface area (Å²) in [5, 5.41) is 17.3. The maximum Gasteiger partial charge on any atom is 0.425 e. The Bertz CT molecular complexity index is 2110. The summed E-state index contributed by atoms with van der Waals surface area (Å²) in [5.41, 5.74) is 0.414. The maximum atomic E-state index is 14.2. The Morgan fingerprint density at radius 1 is 1.22 bits per heavy atom. The number of amides is 2. The van der Waals surface area contributed by atoms with Crippen molar-refractivity contribution < 1.29 is 35.3 Å². The number of aromatic nitrogens is 6. The van der Waals surface area contributed by atoms with Gasteiger partial charge in [-0.25, -0.2) is 9.97 Å². The van der Waals surface area contributed by atoms with E-state index in [1.54, 1.807) is 24.8 Å². The van der Waals surface area contributed by atoms with Gasteiger partial charge in [-0.1, -0.05) is 24.6 Å². The Morgan fingerprint density at radius 2 is 1.98 bits per heavy atom. The van der Waals surface area contributed by atoms with E-state index in [0.29, 0.717) is 11.3 Å². The second-order valence-corrected chi connectivity index (χ2v) is 12.8. The predicted octanol–water partition coefficient (Wildman–Crippen LogP) is 3.79. The number of carbonyl (C=O) groups is 2. The fourth-order valence-corrected chi connectivity index (χ4v) is 6.72. The number of hydrogen-bond donors (Lipinski definition) is 2. The Hall–Kier alpha value is -4.55. The number of aryl methyl sites for hydroxylation is 1. The highest BCUT2D eigenvalue weighted by atomic mass is 35.5. The SMILES string of the molecule is [2H]C1([2H])CCC(c2nc3n(CC(=O)Nc4cc(C(F)(F)F)sc4Cl)c(CC)c(N4CCN(C(=O)c5ncnc(C)c5O)CC4)c(=O)n3n2)=CCO1. The second kappa shape index (κ2) is 13.8. The lowest BCUT2D eigenvalue weighted by atomic mass is 10.1. The number of piperazine rings is 1. The first kappa shape index (κ1) is 31.7. The van der Waals surface area contributed by atoms with Crippen LogP contribution in [0.5, 0.6) is 5.75 Å². The van der Waals surface area contributed by atoms with Crippen LogP contribution in [0.3, 0.4) is 0 Å². The fraction of sp³-hybridized carbons (Fsp3) is 0.433. The summed E-state index contributed by atoms with van der Waals surface area (Å²) >= 11 is 6.32. The van der Waals surface area contributed by atoms with Gasteiger partial charge in [-0.15, -0.1) is 16.4 Å². The Morgan fingerprint density at radius 3 is 2.67 bits per heavy atom. The average Bonchev–Trinajstić information content (AvgIpc) is 3.64. The summed E-state index contributed by atoms with van der Waals surface area (Å²) in [4.78, 5) is 55.5. The average molecular weight is 724 g/mol. The van der Waals surface area contributed by atoms with Gasteiger partial charge >= 0.3 is 6.18 Å². The molecule has 19 heteroatoms. The van der Waals surface area contributed by atoms with Gasteiger partial charge in [-0.3, -0.25) is 14.4 Å². The van der Waals surface area contributed by atoms with Crippen LogP contribution >= 0.6 is 22.9 Å². The van der Waals surface area contributed by atoms with Crippen molar-refractivity contribution >= 4 is 57.5 Å². The molecule has 4 aromatic rings. The van der Waals surface area contributed by atoms with E-state index in [-0.39, 0.29) is 108 Å². The van der Waals surface area contributed by atoms with Crippen molar-refractivity contribution in [3.05, 3.63) is 60.9 Å². The maximum absolute atomic E-state index is 14.2. The minimum Gasteiger partial charge on any atom is -0.504 e. The number of anilines is 2. The molecule has 49 heavy (non-hydrogen) atoms. The zero-order valence-corrected chi connectivity index (χ0v) is 27.7. The molecule has 0 bridgehead atoms. The number of hydrogen-bond acceptors (Lipinski definition) is 11. The molecule has 2 aliphatic heterocycles. The summed E-state index contributed by atoms with van der Waals surface area (Å²) < 4.78 is 63.4. The van der Waals surface area contributed by atoms with Crippen molar-refractivity contribution in [3.63, 3.8) is 0 Å². The van der Waals surface area contributed by atoms with E-state index in [2.05, 4.69) is 25.4 Å². The molecular formula is C30H31ClF3N9O5S. The normalized spacial score (nSPS) is 17.4. The lowest BCUT2D eigenvalue weighted by molar-refractivity contribution is -0.134. The molecular weight excluding hydrogens is 691 g/mol. The molecule has 0 radical (unpaired) electrons. The molecule has 2 amide bonds. The molecule has 0 aromatic carbocycles. The molecule has 6 rings (SSSR count). The van der Waals surface area contributed by atoms with Gasteiger partial charge in [0.15, 0.2) is 17.3 Å². The number of nitrogens with one attached hydrogen (secondary N) is 1. The standard InChI is InChI=1S/C30H31ClF3N9O5S/c1-3-19-23(40-7-9-41(10-8-40)27(46)22-24(45)16(2)35-15-36-22)28(47)43-29(38-26(39-43)17-5-4-11-48-12-6-17)42(19)14-21(44)37-18-13-20(30(32,33)34)49-25(18)31/h6,13,15,45H,3-5,7-12,14H2,1-2H3,(H,37,44)/i11D2. The summed E-state index contributed by atoms with van der Waals surface area (Å²) in [6.07, 6.45) is -1.44. The molecule has 1 fully saturated rings. The highest BCUT2D eigenvalue weighted by molar-refractivity contribution is 7.17. The van der Waals surface area contributed by atoms with Gasteiger partial charge in [0.1, 0.15) is 27.8 Å². The van der Waals surface area contributed by atoms with Crippen LogP contribution < -0.4 is 15.8 Å². The van der Waals surface area contributed by atoms with Crippen LogP contribution in [0.1, 0.15) is 55.1 Å². The van der Waals surface area contributed by atoms with Gasteiger partial charge < -0.3 is 29.5 Å². The van der Waals surface area contributed by atoms with Crippen LogP contribution in [0.15, 0.2) is 23.3 Å². The molecule has 6 heterocycles. The largest absolute Gasteiger partial charge is 0.504 e. The Labute approximate surface area is 288 Å². The number of nitrogens with zero attached hydrogens (tertiary/aromatic N) is 8. The monoisotopic (exact) mass is 723 g/mol. The van der Waals surface area contributed by atoms with Gasteiger partial charge in [0, 0.05) is 32.7 Å². The molecule has 0 aliphatic carbocycles. The third-order valence-corrected chi connectivity index (χ3v) is 9.50. The number of alkyl halides is 3. The Kier molecular flexibility index (Phi) is 8.90. The zero-order valence-electron chi connectivity index (χ0n) is 28.2. The van der Waals surface area contributed by atoms with E-state index in [1.807, 2.05) is 0 Å². The highest BCUT2D eigenvalue weighted by Crippen LogP contribution is 2.41. The summed E-state index contributed by atoms with van der Waals surface area (Å²) in [6.45, 7) is 1.54. The van der Waals surface area contributed by atoms with E-state index < -0.39 is 41.5 Å². The first-order valence-corrected chi connectivity index (χ1v) is 16.3. The quantitative estimate of drug-likeness (QED) is 0.287. The Balaban J connectivity index is 1.37. The number of halogens is 4. The molecule has 0 unspecified atom stereocenters. The van der Waals surface area contributed by atoms with Gasteiger partial charge in [0.2, 0.25) is 11.7 Å². The van der Waals surface area contributed by atoms with Crippen molar-refractivity contribution in [3.8, 4) is 5.75 Å². The van der Waals surface area contributed by atoms with Crippen LogP contribution in [0.4, 0.5) is 24.5 Å². The van der Waals surface area contributed by atoms with Crippen molar-refractivity contribution in [2.45, 2.75) is 45.8 Å². The summed E-state index contributed by atoms with van der Waals surface area (Å²) in [7, 11) is 0. The first-order valence-electron chi connectivity index (χ1n) is 16.1. The van der Waals surface area contributed by atoms with Crippen LogP contribution in [0, 0.1) is 6.92 Å². The molecule has 2 N–H and O–H groups in total. The minimum absolute atomic E-state index is 0.00313. The van der Waals surface area contributed by atoms with E-state index in [4.69, 9.17) is 19.1 Å². The predicted molar refractivity (Wildman–Crippen MR) is 174 cm³/mol. The van der Waals surface area contributed by atoms with E-state index in [1.165, 1.54) is 15.8 Å². The first-order chi connectivity index (χ1) is 24.1. The number of carbonyl (C=O) groups excluding carboxylic acids is 2. The zero-order chi connectivity index (χ0) is 36.8. The van der Waals surface area contributed by atoms with Crippen LogP contribution in [-0.2, 0) is 28.7 Å². The smallest absolute Gasteiger partial charge is 0.425 e. The minimum atomic E-state index is -4.66. The van der Waals surface area contributed by atoms with Crippen LogP contribution in [0.2, 0.25) is 4.34 Å². The number of thiophene rings is 1. The van der Waals surface area contributed by atoms with Crippen molar-refractivity contribution in [2.75, 3.05) is 49.6 Å². The number of fused-ring (bicyclic) bond motifs is 1. The fourth-order valence-electron chi connectivity index (χ4n) is 5.66. The van der Waals surface area contributed by atoms with Crippen LogP contribution in [-0.4, -0.2) is 90.3 Å². The lowest BCUT2D eigenvalue weighted by Gasteiger charge is -2.36. The van der Waals surface area contributed by atoms with Crippen molar-refractivity contribution in [2.24, 2.45) is 0 Å². The van der Waals surface area contributed by atoms with E-state index >= 15 is 0 Å². The topological polar surface area (TPSA) is 160 Å². The lowest BCUT2D eigenvalue weighted by Crippen LogP contribution is -2.51. The molecule has 14 nitrogen and oxygen atoms in total. The van der Waals surface area contributed by atoms with E-state index in [9.17, 15) is 32.7 Å². The number of allylic oxidation sites excluding steroid dienone is 1. The van der Waals surface area contributed by atoms with Gasteiger partial charge in [-0.2, -0.15) is 22.7 Å². The molecule has 0 spiro atoms. The van der Waals surface area contributed by atoms with Gasteiger partial charge in [0.05, 0.1) is 26.4 Å². The number of aromatic hydroxyl groups is 1. The molecule has 4 aromatic heterocycles. The van der Waals surface area contributed by atoms with Crippen molar-refractivity contribution in [1.82, 2.24) is 34.0 Å².